The lowest BCUT2D eigenvalue weighted by atomic mass is 10.2. The standard InChI is InChI=1S/C21H12BrF4N3OS2/c22-19-8-7-18(32-19)17-11-31-21(28-16-6-3-13(23)9-15(16)24)29(17)27-10-12-1-4-14(5-2-12)30-20(25)26/h1-11,20H. The summed E-state index contributed by atoms with van der Waals surface area (Å²) in [5, 5.41) is 6.30. The third-order valence-corrected chi connectivity index (χ3v) is 6.53. The van der Waals surface area contributed by atoms with Gasteiger partial charge in [-0.2, -0.15) is 13.9 Å². The largest absolute Gasteiger partial charge is 0.435 e. The number of aromatic nitrogens is 1. The van der Waals surface area contributed by atoms with Crippen molar-refractivity contribution in [3.8, 4) is 16.3 Å². The van der Waals surface area contributed by atoms with E-state index in [1.54, 1.807) is 12.1 Å². The van der Waals surface area contributed by atoms with E-state index >= 15 is 0 Å². The molecular weight excluding hydrogens is 530 g/mol. The molecule has 0 saturated carbocycles. The quantitative estimate of drug-likeness (QED) is 0.190. The van der Waals surface area contributed by atoms with E-state index in [-0.39, 0.29) is 11.4 Å². The van der Waals surface area contributed by atoms with Crippen LogP contribution < -0.4 is 9.54 Å². The number of thiazole rings is 1. The van der Waals surface area contributed by atoms with Crippen LogP contribution in [0, 0.1) is 11.6 Å². The molecule has 0 aliphatic rings. The van der Waals surface area contributed by atoms with E-state index < -0.39 is 18.2 Å². The van der Waals surface area contributed by atoms with E-state index in [9.17, 15) is 17.6 Å². The van der Waals surface area contributed by atoms with Crippen molar-refractivity contribution in [1.29, 1.82) is 0 Å². The first-order chi connectivity index (χ1) is 15.4. The Morgan fingerprint density at radius 1 is 1.03 bits per heavy atom. The summed E-state index contributed by atoms with van der Waals surface area (Å²) in [4.78, 5) is 5.57. The molecule has 0 aliphatic heterocycles. The number of halogens is 5. The van der Waals surface area contributed by atoms with Crippen molar-refractivity contribution >= 4 is 50.5 Å². The second-order valence-corrected chi connectivity index (χ2v) is 9.52. The van der Waals surface area contributed by atoms with Crippen LogP contribution in [0.25, 0.3) is 10.6 Å². The van der Waals surface area contributed by atoms with Crippen molar-refractivity contribution in [2.24, 2.45) is 10.1 Å². The molecule has 32 heavy (non-hydrogen) atoms. The number of hydrogen-bond donors (Lipinski definition) is 0. The summed E-state index contributed by atoms with van der Waals surface area (Å²) in [6.07, 6.45) is 1.52. The van der Waals surface area contributed by atoms with Crippen LogP contribution in [0.3, 0.4) is 0 Å². The fourth-order valence-electron chi connectivity index (χ4n) is 2.65. The molecule has 0 bridgehead atoms. The Bertz CT molecular complexity index is 1330. The van der Waals surface area contributed by atoms with Gasteiger partial charge in [-0.25, -0.2) is 18.4 Å². The summed E-state index contributed by atoms with van der Waals surface area (Å²) in [6.45, 7) is -2.90. The fourth-order valence-corrected chi connectivity index (χ4v) is 4.95. The first-order valence-corrected chi connectivity index (χ1v) is 11.4. The van der Waals surface area contributed by atoms with Crippen molar-refractivity contribution in [1.82, 2.24) is 4.68 Å². The molecule has 11 heteroatoms. The Morgan fingerprint density at radius 2 is 1.81 bits per heavy atom. The molecule has 4 rings (SSSR count). The van der Waals surface area contributed by atoms with Crippen LogP contribution in [0.15, 0.2) is 73.9 Å². The molecule has 0 atom stereocenters. The van der Waals surface area contributed by atoms with Gasteiger partial charge in [0, 0.05) is 11.4 Å². The fraction of sp³-hybridized carbons (Fsp3) is 0.0476. The molecule has 2 aromatic heterocycles. The SMILES string of the molecule is Fc1ccc(N=c2scc(-c3ccc(Br)s3)n2N=Cc2ccc(OC(F)F)cc2)c(F)c1. The van der Waals surface area contributed by atoms with Gasteiger partial charge in [0.15, 0.2) is 5.82 Å². The lowest BCUT2D eigenvalue weighted by Crippen LogP contribution is -2.11. The first-order valence-electron chi connectivity index (χ1n) is 8.94. The van der Waals surface area contributed by atoms with Crippen LogP contribution in [0.4, 0.5) is 23.2 Å². The van der Waals surface area contributed by atoms with Crippen LogP contribution in [0.1, 0.15) is 5.56 Å². The third kappa shape index (κ3) is 5.34. The number of benzene rings is 2. The molecule has 2 heterocycles. The lowest BCUT2D eigenvalue weighted by molar-refractivity contribution is -0.0498. The minimum atomic E-state index is -2.90. The van der Waals surface area contributed by atoms with Gasteiger partial charge >= 0.3 is 6.61 Å². The number of hydrogen-bond acceptors (Lipinski definition) is 5. The molecule has 0 spiro atoms. The molecule has 0 aliphatic carbocycles. The number of ether oxygens (including phenoxy) is 1. The highest BCUT2D eigenvalue weighted by Crippen LogP contribution is 2.32. The van der Waals surface area contributed by atoms with E-state index in [0.29, 0.717) is 10.4 Å². The Labute approximate surface area is 195 Å². The van der Waals surface area contributed by atoms with Crippen molar-refractivity contribution < 1.29 is 22.3 Å². The number of nitrogens with zero attached hydrogens (tertiary/aromatic N) is 3. The average Bonchev–Trinajstić information content (AvgIpc) is 3.35. The van der Waals surface area contributed by atoms with Crippen LogP contribution in [0.5, 0.6) is 5.75 Å². The monoisotopic (exact) mass is 541 g/mol. The zero-order chi connectivity index (χ0) is 22.7. The second kappa shape index (κ2) is 9.80. The zero-order valence-electron chi connectivity index (χ0n) is 15.9. The molecule has 0 amide bonds. The number of rotatable bonds is 6. The van der Waals surface area contributed by atoms with Gasteiger partial charge < -0.3 is 4.74 Å². The summed E-state index contributed by atoms with van der Waals surface area (Å²) in [7, 11) is 0. The summed E-state index contributed by atoms with van der Waals surface area (Å²) in [5.74, 6) is -1.45. The summed E-state index contributed by atoms with van der Waals surface area (Å²) < 4.78 is 58.8. The van der Waals surface area contributed by atoms with Crippen LogP contribution in [-0.4, -0.2) is 17.5 Å². The van der Waals surface area contributed by atoms with Crippen molar-refractivity contribution in [2.75, 3.05) is 0 Å². The van der Waals surface area contributed by atoms with Gasteiger partial charge in [0.05, 0.1) is 20.6 Å². The molecule has 0 unspecified atom stereocenters. The van der Waals surface area contributed by atoms with Crippen LogP contribution >= 0.6 is 38.6 Å². The zero-order valence-corrected chi connectivity index (χ0v) is 19.1. The average molecular weight is 542 g/mol. The highest BCUT2D eigenvalue weighted by molar-refractivity contribution is 9.11. The van der Waals surface area contributed by atoms with E-state index in [4.69, 9.17) is 0 Å². The van der Waals surface area contributed by atoms with Crippen molar-refractivity contribution in [3.63, 3.8) is 0 Å². The van der Waals surface area contributed by atoms with E-state index in [1.165, 1.54) is 51.8 Å². The van der Waals surface area contributed by atoms with Gasteiger partial charge in [-0.05, 0) is 70.0 Å². The molecule has 2 aromatic carbocycles. The predicted octanol–water partition coefficient (Wildman–Crippen LogP) is 7.03. The maximum atomic E-state index is 14.1. The Morgan fingerprint density at radius 3 is 2.47 bits per heavy atom. The molecule has 0 fully saturated rings. The summed E-state index contributed by atoms with van der Waals surface area (Å²) in [5.41, 5.74) is 1.33. The minimum absolute atomic E-state index is 0.0235. The second-order valence-electron chi connectivity index (χ2n) is 6.22. The van der Waals surface area contributed by atoms with Gasteiger partial charge in [0.2, 0.25) is 4.80 Å². The van der Waals surface area contributed by atoms with E-state index in [1.807, 2.05) is 17.5 Å². The molecule has 0 radical (unpaired) electrons. The van der Waals surface area contributed by atoms with Crippen molar-refractivity contribution in [2.45, 2.75) is 6.61 Å². The highest BCUT2D eigenvalue weighted by atomic mass is 79.9. The molecular formula is C21H12BrF4N3OS2. The summed E-state index contributed by atoms with van der Waals surface area (Å²) in [6, 6.07) is 12.9. The van der Waals surface area contributed by atoms with E-state index in [2.05, 4.69) is 30.8 Å². The highest BCUT2D eigenvalue weighted by Gasteiger charge is 2.11. The molecule has 4 nitrogen and oxygen atoms in total. The predicted molar refractivity (Wildman–Crippen MR) is 121 cm³/mol. The topological polar surface area (TPSA) is 38.9 Å². The van der Waals surface area contributed by atoms with E-state index in [0.717, 1.165) is 26.5 Å². The van der Waals surface area contributed by atoms with Gasteiger partial charge in [0.1, 0.15) is 17.3 Å². The van der Waals surface area contributed by atoms with Gasteiger partial charge in [0.25, 0.3) is 0 Å². The van der Waals surface area contributed by atoms with Crippen molar-refractivity contribution in [3.05, 3.63) is 85.8 Å². The van der Waals surface area contributed by atoms with Gasteiger partial charge in [-0.1, -0.05) is 0 Å². The Hall–Kier alpha value is -2.76. The third-order valence-electron chi connectivity index (χ3n) is 4.06. The molecule has 0 N–H and O–H groups in total. The minimum Gasteiger partial charge on any atom is -0.435 e. The number of thiophene rings is 1. The smallest absolute Gasteiger partial charge is 0.387 e. The molecule has 4 aromatic rings. The lowest BCUT2D eigenvalue weighted by Gasteiger charge is -2.04. The Kier molecular flexibility index (Phi) is 6.87. The maximum absolute atomic E-state index is 14.1. The molecule has 0 saturated heterocycles. The van der Waals surface area contributed by atoms with Gasteiger partial charge in [-0.15, -0.1) is 22.7 Å². The molecule has 164 valence electrons. The van der Waals surface area contributed by atoms with Crippen LogP contribution in [-0.2, 0) is 0 Å². The first kappa shape index (κ1) is 22.4. The number of alkyl halides is 2. The normalized spacial score (nSPS) is 12.2. The summed E-state index contributed by atoms with van der Waals surface area (Å²) >= 11 is 6.16. The maximum Gasteiger partial charge on any atom is 0.387 e. The Balaban J connectivity index is 1.75. The van der Waals surface area contributed by atoms with Gasteiger partial charge in [-0.3, -0.25) is 0 Å². The van der Waals surface area contributed by atoms with Crippen LogP contribution in [0.2, 0.25) is 0 Å².